The summed E-state index contributed by atoms with van der Waals surface area (Å²) in [5, 5.41) is 6.31. The molecule has 0 aromatic heterocycles. The van der Waals surface area contributed by atoms with Gasteiger partial charge in [-0.2, -0.15) is 0 Å². The SMILES string of the molecule is CNc1ccc(OCCC(=O)Nc2ccccc2Cl)cc1. The number of benzene rings is 2. The number of halogens is 1. The molecular formula is C16H17ClN2O2. The van der Waals surface area contributed by atoms with Crippen molar-refractivity contribution in [1.82, 2.24) is 0 Å². The second kappa shape index (κ2) is 7.55. The molecule has 0 aliphatic heterocycles. The minimum Gasteiger partial charge on any atom is -0.493 e. The molecule has 0 saturated carbocycles. The molecule has 2 aromatic rings. The number of hydrogen-bond donors (Lipinski definition) is 2. The van der Waals surface area contributed by atoms with Gasteiger partial charge in [0.2, 0.25) is 5.91 Å². The lowest BCUT2D eigenvalue weighted by atomic mass is 10.3. The fourth-order valence-corrected chi connectivity index (χ4v) is 1.94. The van der Waals surface area contributed by atoms with Gasteiger partial charge in [0.05, 0.1) is 23.7 Å². The third-order valence-electron chi connectivity index (χ3n) is 2.89. The van der Waals surface area contributed by atoms with Gasteiger partial charge in [-0.15, -0.1) is 0 Å². The van der Waals surface area contributed by atoms with E-state index in [2.05, 4.69) is 10.6 Å². The molecule has 0 aliphatic carbocycles. The first-order valence-corrected chi connectivity index (χ1v) is 7.02. The van der Waals surface area contributed by atoms with Crippen LogP contribution in [0.4, 0.5) is 11.4 Å². The zero-order valence-electron chi connectivity index (χ0n) is 11.7. The Kier molecular flexibility index (Phi) is 5.46. The second-order valence-corrected chi connectivity index (χ2v) is 4.81. The number of carbonyl (C=O) groups is 1. The fraction of sp³-hybridized carbons (Fsp3) is 0.188. The topological polar surface area (TPSA) is 50.4 Å². The highest BCUT2D eigenvalue weighted by Crippen LogP contribution is 2.20. The Morgan fingerprint density at radius 2 is 1.86 bits per heavy atom. The van der Waals surface area contributed by atoms with Crippen molar-refractivity contribution >= 4 is 28.9 Å². The molecule has 0 aliphatic rings. The minimum absolute atomic E-state index is 0.130. The third-order valence-corrected chi connectivity index (χ3v) is 3.22. The van der Waals surface area contributed by atoms with Gasteiger partial charge in [0.25, 0.3) is 0 Å². The number of carbonyl (C=O) groups excluding carboxylic acids is 1. The van der Waals surface area contributed by atoms with Gasteiger partial charge in [0.1, 0.15) is 5.75 Å². The van der Waals surface area contributed by atoms with Gasteiger partial charge in [0.15, 0.2) is 0 Å². The number of rotatable bonds is 6. The quantitative estimate of drug-likeness (QED) is 0.853. The molecule has 21 heavy (non-hydrogen) atoms. The van der Waals surface area contributed by atoms with E-state index in [0.29, 0.717) is 17.3 Å². The maximum Gasteiger partial charge on any atom is 0.227 e. The van der Waals surface area contributed by atoms with Gasteiger partial charge < -0.3 is 15.4 Å². The summed E-state index contributed by atoms with van der Waals surface area (Å²) in [6.45, 7) is 0.315. The van der Waals surface area contributed by atoms with Gasteiger partial charge >= 0.3 is 0 Å². The lowest BCUT2D eigenvalue weighted by molar-refractivity contribution is -0.116. The van der Waals surface area contributed by atoms with Crippen molar-refractivity contribution in [3.8, 4) is 5.75 Å². The standard InChI is InChI=1S/C16H17ClN2O2/c1-18-12-6-8-13(9-7-12)21-11-10-16(20)19-15-5-3-2-4-14(15)17/h2-9,18H,10-11H2,1H3,(H,19,20). The van der Waals surface area contributed by atoms with Crippen LogP contribution in [0, 0.1) is 0 Å². The molecule has 2 aromatic carbocycles. The molecule has 2 N–H and O–H groups in total. The van der Waals surface area contributed by atoms with Gasteiger partial charge in [-0.05, 0) is 36.4 Å². The summed E-state index contributed by atoms with van der Waals surface area (Å²) in [6.07, 6.45) is 0.263. The Labute approximate surface area is 129 Å². The van der Waals surface area contributed by atoms with Crippen LogP contribution in [0.25, 0.3) is 0 Å². The number of ether oxygens (including phenoxy) is 1. The third kappa shape index (κ3) is 4.68. The Hall–Kier alpha value is -2.20. The molecule has 0 radical (unpaired) electrons. The minimum atomic E-state index is -0.130. The van der Waals surface area contributed by atoms with E-state index in [1.165, 1.54) is 0 Å². The maximum absolute atomic E-state index is 11.8. The molecule has 0 heterocycles. The van der Waals surface area contributed by atoms with Crippen LogP contribution < -0.4 is 15.4 Å². The van der Waals surface area contributed by atoms with Crippen molar-refractivity contribution in [2.45, 2.75) is 6.42 Å². The zero-order valence-corrected chi connectivity index (χ0v) is 12.5. The van der Waals surface area contributed by atoms with Crippen molar-refractivity contribution in [3.63, 3.8) is 0 Å². The van der Waals surface area contributed by atoms with Crippen molar-refractivity contribution in [1.29, 1.82) is 0 Å². The lowest BCUT2D eigenvalue weighted by Gasteiger charge is -2.09. The van der Waals surface area contributed by atoms with E-state index in [1.807, 2.05) is 43.4 Å². The number of anilines is 2. The van der Waals surface area contributed by atoms with E-state index in [4.69, 9.17) is 16.3 Å². The Bertz CT molecular complexity index is 599. The summed E-state index contributed by atoms with van der Waals surface area (Å²) in [4.78, 5) is 11.8. The van der Waals surface area contributed by atoms with Crippen LogP contribution in [0.3, 0.4) is 0 Å². The normalized spacial score (nSPS) is 10.0. The molecule has 0 spiro atoms. The van der Waals surface area contributed by atoms with Crippen LogP contribution in [0.1, 0.15) is 6.42 Å². The maximum atomic E-state index is 11.8. The monoisotopic (exact) mass is 304 g/mol. The smallest absolute Gasteiger partial charge is 0.227 e. The summed E-state index contributed by atoms with van der Waals surface area (Å²) in [5.41, 5.74) is 1.63. The van der Waals surface area contributed by atoms with E-state index in [0.717, 1.165) is 11.4 Å². The van der Waals surface area contributed by atoms with Crippen LogP contribution in [-0.4, -0.2) is 19.6 Å². The Morgan fingerprint density at radius 3 is 2.52 bits per heavy atom. The summed E-state index contributed by atoms with van der Waals surface area (Å²) in [5.74, 6) is 0.606. The van der Waals surface area contributed by atoms with Crippen LogP contribution in [0.5, 0.6) is 5.75 Å². The highest BCUT2D eigenvalue weighted by atomic mass is 35.5. The summed E-state index contributed by atoms with van der Waals surface area (Å²) < 4.78 is 5.52. The van der Waals surface area contributed by atoms with Crippen molar-refractivity contribution < 1.29 is 9.53 Å². The molecule has 0 atom stereocenters. The van der Waals surface area contributed by atoms with Crippen LogP contribution in [0.15, 0.2) is 48.5 Å². The van der Waals surface area contributed by atoms with E-state index < -0.39 is 0 Å². The van der Waals surface area contributed by atoms with Crippen LogP contribution in [0.2, 0.25) is 5.02 Å². The summed E-state index contributed by atoms with van der Waals surface area (Å²) >= 11 is 5.97. The number of hydrogen-bond acceptors (Lipinski definition) is 3. The predicted octanol–water partition coefficient (Wildman–Crippen LogP) is 3.79. The van der Waals surface area contributed by atoms with Gasteiger partial charge in [-0.25, -0.2) is 0 Å². The molecule has 0 fully saturated rings. The second-order valence-electron chi connectivity index (χ2n) is 4.40. The lowest BCUT2D eigenvalue weighted by Crippen LogP contribution is -2.15. The predicted molar refractivity (Wildman–Crippen MR) is 86.2 cm³/mol. The van der Waals surface area contributed by atoms with E-state index in [1.54, 1.807) is 12.1 Å². The summed E-state index contributed by atoms with van der Waals surface area (Å²) in [6, 6.07) is 14.7. The van der Waals surface area contributed by atoms with E-state index >= 15 is 0 Å². The van der Waals surface area contributed by atoms with Gasteiger partial charge in [-0.3, -0.25) is 4.79 Å². The Morgan fingerprint density at radius 1 is 1.14 bits per heavy atom. The largest absolute Gasteiger partial charge is 0.493 e. The Balaban J connectivity index is 1.77. The number of amides is 1. The van der Waals surface area contributed by atoms with Gasteiger partial charge in [0, 0.05) is 12.7 Å². The van der Waals surface area contributed by atoms with Crippen molar-refractivity contribution in [2.75, 3.05) is 24.3 Å². The first-order valence-electron chi connectivity index (χ1n) is 6.64. The molecule has 110 valence electrons. The molecule has 1 amide bonds. The van der Waals surface area contributed by atoms with Gasteiger partial charge in [-0.1, -0.05) is 23.7 Å². The first kappa shape index (κ1) is 15.2. The highest BCUT2D eigenvalue weighted by molar-refractivity contribution is 6.33. The van der Waals surface area contributed by atoms with Crippen LogP contribution >= 0.6 is 11.6 Å². The summed E-state index contributed by atoms with van der Waals surface area (Å²) in [7, 11) is 1.86. The van der Waals surface area contributed by atoms with E-state index in [9.17, 15) is 4.79 Å². The molecular weight excluding hydrogens is 288 g/mol. The molecule has 4 nitrogen and oxygen atoms in total. The number of para-hydroxylation sites is 1. The first-order chi connectivity index (χ1) is 10.2. The fourth-order valence-electron chi connectivity index (χ4n) is 1.75. The van der Waals surface area contributed by atoms with E-state index in [-0.39, 0.29) is 12.3 Å². The molecule has 0 unspecified atom stereocenters. The molecule has 0 saturated heterocycles. The molecule has 0 bridgehead atoms. The molecule has 5 heteroatoms. The highest BCUT2D eigenvalue weighted by Gasteiger charge is 2.05. The average molecular weight is 305 g/mol. The van der Waals surface area contributed by atoms with Crippen molar-refractivity contribution in [3.05, 3.63) is 53.6 Å². The average Bonchev–Trinajstić information content (AvgIpc) is 2.50. The number of nitrogens with one attached hydrogen (secondary N) is 2. The van der Waals surface area contributed by atoms with Crippen molar-refractivity contribution in [2.24, 2.45) is 0 Å². The molecule has 2 rings (SSSR count). The zero-order chi connectivity index (χ0) is 15.1. The van der Waals surface area contributed by atoms with Crippen LogP contribution in [-0.2, 0) is 4.79 Å².